The first-order valence-corrected chi connectivity index (χ1v) is 24.4. The maximum absolute atomic E-state index is 13.1. The fourth-order valence-electron chi connectivity index (χ4n) is 7.67. The van der Waals surface area contributed by atoms with Gasteiger partial charge in [-0.15, -0.1) is 0 Å². The van der Waals surface area contributed by atoms with Crippen molar-refractivity contribution in [3.8, 4) is 22.5 Å². The largest absolute Gasteiger partial charge is 0.336 e. The van der Waals surface area contributed by atoms with Gasteiger partial charge in [0.1, 0.15) is 0 Å². The number of hydrogen-bond donors (Lipinski definition) is 2. The van der Waals surface area contributed by atoms with Gasteiger partial charge in [0.15, 0.2) is 0 Å². The van der Waals surface area contributed by atoms with Crippen LogP contribution in [0.5, 0.6) is 0 Å². The van der Waals surface area contributed by atoms with E-state index in [1.807, 2.05) is 60.7 Å². The average molecular weight is 964 g/mol. The first-order valence-electron chi connectivity index (χ1n) is 20.8. The van der Waals surface area contributed by atoms with Crippen LogP contribution >= 0.6 is 23.2 Å². The second-order valence-corrected chi connectivity index (χ2v) is 20.0. The Morgan fingerprint density at radius 1 is 0.485 bits per heavy atom. The zero-order valence-corrected chi connectivity index (χ0v) is 38.1. The summed E-state index contributed by atoms with van der Waals surface area (Å²) in [6, 6.07) is 35.8. The van der Waals surface area contributed by atoms with Crippen molar-refractivity contribution < 1.29 is 26.4 Å². The highest BCUT2D eigenvalue weighted by Crippen LogP contribution is 2.25. The second kappa shape index (κ2) is 18.7. The summed E-state index contributed by atoms with van der Waals surface area (Å²) in [5.74, 6) is -0.254. The number of aromatic nitrogens is 6. The number of benzene rings is 4. The smallest absolute Gasteiger partial charge is 0.276 e. The highest BCUT2D eigenvalue weighted by atomic mass is 35.5. The zero-order valence-electron chi connectivity index (χ0n) is 35.0. The molecule has 0 spiro atoms. The Kier molecular flexibility index (Phi) is 12.7. The van der Waals surface area contributed by atoms with Crippen molar-refractivity contribution in [2.24, 2.45) is 0 Å². The fraction of sp³-hybridized carbons (Fsp3) is 0.174. The lowest BCUT2D eigenvalue weighted by molar-refractivity contribution is 0.0691. The Morgan fingerprint density at radius 3 is 1.39 bits per heavy atom. The van der Waals surface area contributed by atoms with Gasteiger partial charge >= 0.3 is 0 Å². The van der Waals surface area contributed by atoms with Crippen molar-refractivity contribution in [3.63, 3.8) is 0 Å². The standard InChI is InChI=1S/2C23H20ClN5O3S/c2*24-18-8-9-20-21(15-18)27-23(26-20)33(31,32)29-13-11-28(12-14-29)22(30)17-6-4-16(5-7-17)19-3-1-2-10-25-19/h2*1-10,15H,11-14H2,(H,26,27). The molecule has 4 aromatic carbocycles. The molecule has 2 aliphatic heterocycles. The van der Waals surface area contributed by atoms with E-state index < -0.39 is 20.0 Å². The molecule has 0 unspecified atom stereocenters. The third kappa shape index (κ3) is 9.42. The number of carbonyl (C=O) groups is 2. The first-order chi connectivity index (χ1) is 31.8. The molecule has 0 bridgehead atoms. The van der Waals surface area contributed by atoms with E-state index in [0.29, 0.717) is 69.4 Å². The highest BCUT2D eigenvalue weighted by molar-refractivity contribution is 7.89. The SMILES string of the molecule is O=C(c1ccc(-c2ccccn2)cc1)N1CCN(S(=O)(=O)c2nc3cc(Cl)ccc3[nH]2)CC1.O=C(c1ccc(-c2ccccn2)cc1)N1CCN(S(=O)(=O)c2nc3ccc(Cl)cc3[nH]2)CC1. The monoisotopic (exact) mass is 962 g/mol. The number of piperazine rings is 2. The summed E-state index contributed by atoms with van der Waals surface area (Å²) in [6.07, 6.45) is 3.45. The first kappa shape index (κ1) is 44.7. The van der Waals surface area contributed by atoms with Crippen molar-refractivity contribution in [2.45, 2.75) is 10.3 Å². The molecule has 10 rings (SSSR count). The van der Waals surface area contributed by atoms with E-state index in [9.17, 15) is 26.4 Å². The van der Waals surface area contributed by atoms with Gasteiger partial charge in [0.05, 0.1) is 33.5 Å². The molecule has 2 aliphatic rings. The molecule has 0 saturated carbocycles. The van der Waals surface area contributed by atoms with Gasteiger partial charge in [-0.1, -0.05) is 59.6 Å². The lowest BCUT2D eigenvalue weighted by Crippen LogP contribution is -2.50. The molecule has 16 nitrogen and oxygen atoms in total. The van der Waals surface area contributed by atoms with Gasteiger partial charge in [-0.2, -0.15) is 8.61 Å². The minimum atomic E-state index is -3.81. The van der Waals surface area contributed by atoms with Crippen molar-refractivity contribution in [3.05, 3.63) is 155 Å². The fourth-order valence-corrected chi connectivity index (χ4v) is 10.7. The van der Waals surface area contributed by atoms with Crippen LogP contribution in [0.3, 0.4) is 0 Å². The zero-order chi connectivity index (χ0) is 46.0. The topological polar surface area (TPSA) is 199 Å². The van der Waals surface area contributed by atoms with Gasteiger partial charge in [-0.3, -0.25) is 19.6 Å². The predicted molar refractivity (Wildman–Crippen MR) is 251 cm³/mol. The normalized spacial score (nSPS) is 15.1. The number of hydrogen-bond acceptors (Lipinski definition) is 10. The van der Waals surface area contributed by atoms with Gasteiger partial charge in [-0.05, 0) is 84.9 Å². The summed E-state index contributed by atoms with van der Waals surface area (Å²) in [5.41, 5.74) is 6.81. The summed E-state index contributed by atoms with van der Waals surface area (Å²) in [5, 5.41) is 0.739. The minimum absolute atomic E-state index is 0.121. The molecule has 4 aromatic heterocycles. The molecule has 8 aromatic rings. The average Bonchev–Trinajstić information content (AvgIpc) is 4.00. The molecule has 2 N–H and O–H groups in total. The lowest BCUT2D eigenvalue weighted by Gasteiger charge is -2.33. The van der Waals surface area contributed by atoms with Crippen LogP contribution in [-0.4, -0.2) is 129 Å². The molecule has 2 fully saturated rings. The number of imidazole rings is 2. The van der Waals surface area contributed by atoms with E-state index in [1.165, 1.54) is 8.61 Å². The number of carbonyl (C=O) groups excluding carboxylic acids is 2. The number of sulfonamides is 2. The van der Waals surface area contributed by atoms with Crippen molar-refractivity contribution >= 4 is 77.1 Å². The molecule has 0 atom stereocenters. The summed E-state index contributed by atoms with van der Waals surface area (Å²) >= 11 is 12.0. The molecule has 66 heavy (non-hydrogen) atoms. The summed E-state index contributed by atoms with van der Waals surface area (Å²) < 4.78 is 54.9. The maximum atomic E-state index is 13.1. The number of aromatic amines is 2. The summed E-state index contributed by atoms with van der Waals surface area (Å²) in [7, 11) is -7.62. The van der Waals surface area contributed by atoms with E-state index in [-0.39, 0.29) is 48.3 Å². The molecule has 0 radical (unpaired) electrons. The second-order valence-electron chi connectivity index (χ2n) is 15.4. The van der Waals surface area contributed by atoms with E-state index in [2.05, 4.69) is 29.9 Å². The third-order valence-electron chi connectivity index (χ3n) is 11.3. The Balaban J connectivity index is 0.000000166. The molecule has 6 heterocycles. The Hall–Kier alpha value is -6.54. The van der Waals surface area contributed by atoms with Crippen molar-refractivity contribution in [1.29, 1.82) is 0 Å². The maximum Gasteiger partial charge on any atom is 0.276 e. The van der Waals surface area contributed by atoms with Crippen molar-refractivity contribution in [2.75, 3.05) is 52.4 Å². The molecule has 2 amide bonds. The van der Waals surface area contributed by atoms with Gasteiger partial charge in [0.2, 0.25) is 10.3 Å². The predicted octanol–water partition coefficient (Wildman–Crippen LogP) is 6.85. The lowest BCUT2D eigenvalue weighted by atomic mass is 10.1. The number of halogens is 2. The number of rotatable bonds is 8. The van der Waals surface area contributed by atoms with Crippen LogP contribution in [0.4, 0.5) is 0 Å². The molecular weight excluding hydrogens is 924 g/mol. The van der Waals surface area contributed by atoms with Gasteiger partial charge in [0.25, 0.3) is 31.9 Å². The van der Waals surface area contributed by atoms with Crippen LogP contribution in [0.1, 0.15) is 20.7 Å². The van der Waals surface area contributed by atoms with E-state index >= 15 is 0 Å². The number of H-pyrrole nitrogens is 2. The highest BCUT2D eigenvalue weighted by Gasteiger charge is 2.34. The van der Waals surface area contributed by atoms with E-state index in [0.717, 1.165) is 22.5 Å². The van der Waals surface area contributed by atoms with Crippen LogP contribution in [-0.2, 0) is 20.0 Å². The molecule has 0 aliphatic carbocycles. The third-order valence-corrected chi connectivity index (χ3v) is 15.2. The number of nitrogens with zero attached hydrogens (tertiary/aromatic N) is 8. The van der Waals surface area contributed by atoms with Gasteiger partial charge < -0.3 is 19.8 Å². The number of fused-ring (bicyclic) bond motifs is 2. The van der Waals surface area contributed by atoms with Crippen LogP contribution in [0.15, 0.2) is 144 Å². The molecule has 20 heteroatoms. The summed E-state index contributed by atoms with van der Waals surface area (Å²) in [6.45, 7) is 1.96. The molecule has 336 valence electrons. The number of nitrogens with one attached hydrogen (secondary N) is 2. The summed E-state index contributed by atoms with van der Waals surface area (Å²) in [4.78, 5) is 51.9. The molecular formula is C46H40Cl2N10O6S2. The number of amides is 2. The van der Waals surface area contributed by atoms with Gasteiger partial charge in [-0.25, -0.2) is 26.8 Å². The van der Waals surface area contributed by atoms with Crippen LogP contribution in [0, 0.1) is 0 Å². The quantitative estimate of drug-likeness (QED) is 0.162. The van der Waals surface area contributed by atoms with Gasteiger partial charge in [0, 0.05) is 97.1 Å². The van der Waals surface area contributed by atoms with Crippen molar-refractivity contribution in [1.82, 2.24) is 48.3 Å². The Labute approximate surface area is 390 Å². The number of pyridine rings is 2. The van der Waals surface area contributed by atoms with E-state index in [4.69, 9.17) is 23.2 Å². The minimum Gasteiger partial charge on any atom is -0.336 e. The van der Waals surface area contributed by atoms with Crippen LogP contribution in [0.2, 0.25) is 10.0 Å². The van der Waals surface area contributed by atoms with E-state index in [1.54, 1.807) is 82.9 Å². The molecule has 2 saturated heterocycles. The van der Waals surface area contributed by atoms with Crippen LogP contribution < -0.4 is 0 Å². The van der Waals surface area contributed by atoms with Crippen LogP contribution in [0.25, 0.3) is 44.6 Å². The Bertz CT molecular complexity index is 3050. The Morgan fingerprint density at radius 2 is 0.924 bits per heavy atom.